The highest BCUT2D eigenvalue weighted by atomic mass is 16.6. The molecule has 2 heterocycles. The Labute approximate surface area is 180 Å². The number of piperidine rings is 1. The summed E-state index contributed by atoms with van der Waals surface area (Å²) in [6.07, 6.45) is 3.08. The van der Waals surface area contributed by atoms with Crippen LogP contribution >= 0.6 is 0 Å². The first-order valence-corrected chi connectivity index (χ1v) is 10.2. The number of nitrogens with one attached hydrogen (secondary N) is 2. The van der Waals surface area contributed by atoms with Gasteiger partial charge in [-0.3, -0.25) is 14.8 Å². The molecule has 0 spiro atoms. The maximum absolute atomic E-state index is 12.3. The number of benzene rings is 1. The number of ether oxygens (including phenoxy) is 2. The predicted octanol–water partition coefficient (Wildman–Crippen LogP) is 2.54. The van der Waals surface area contributed by atoms with Crippen LogP contribution in [0, 0.1) is 0 Å². The monoisotopic (exact) mass is 429 g/mol. The molecule has 1 aliphatic heterocycles. The molecule has 0 saturated carbocycles. The molecule has 0 atom stereocenters. The molecule has 10 nitrogen and oxygen atoms in total. The summed E-state index contributed by atoms with van der Waals surface area (Å²) in [6, 6.07) is 11.0. The number of hydrogen-bond donors (Lipinski definition) is 2. The summed E-state index contributed by atoms with van der Waals surface area (Å²) in [5.74, 6) is 0.0279. The van der Waals surface area contributed by atoms with Gasteiger partial charge in [-0.2, -0.15) is 5.10 Å². The number of urea groups is 1. The summed E-state index contributed by atoms with van der Waals surface area (Å²) < 4.78 is 11.7. The lowest BCUT2D eigenvalue weighted by molar-refractivity contribution is -0.140. The van der Waals surface area contributed by atoms with Gasteiger partial charge < -0.3 is 19.7 Å². The van der Waals surface area contributed by atoms with Gasteiger partial charge in [-0.1, -0.05) is 30.3 Å². The molecular weight excluding hydrogens is 402 g/mol. The fourth-order valence-corrected chi connectivity index (χ4v) is 3.27. The molecule has 3 rings (SSSR count). The van der Waals surface area contributed by atoms with E-state index in [9.17, 15) is 14.4 Å². The summed E-state index contributed by atoms with van der Waals surface area (Å²) in [5, 5.41) is 9.60. The van der Waals surface area contributed by atoms with Crippen molar-refractivity contribution in [3.63, 3.8) is 0 Å². The van der Waals surface area contributed by atoms with E-state index in [0.29, 0.717) is 18.9 Å². The minimum Gasteiger partial charge on any atom is -0.469 e. The van der Waals surface area contributed by atoms with Crippen LogP contribution < -0.4 is 10.6 Å². The highest BCUT2D eigenvalue weighted by Crippen LogP contribution is 2.23. The molecule has 1 aromatic carbocycles. The molecule has 2 N–H and O–H groups in total. The fourth-order valence-electron chi connectivity index (χ4n) is 3.27. The van der Waals surface area contributed by atoms with Gasteiger partial charge in [0.15, 0.2) is 5.82 Å². The molecule has 0 bridgehead atoms. The molecule has 3 amide bonds. The van der Waals surface area contributed by atoms with Gasteiger partial charge in [0.05, 0.1) is 19.6 Å². The van der Waals surface area contributed by atoms with Crippen LogP contribution in [-0.4, -0.2) is 59.5 Å². The first-order chi connectivity index (χ1) is 15.0. The lowest BCUT2D eigenvalue weighted by Crippen LogP contribution is -2.39. The van der Waals surface area contributed by atoms with Gasteiger partial charge in [0.2, 0.25) is 0 Å². The maximum atomic E-state index is 12.3. The summed E-state index contributed by atoms with van der Waals surface area (Å²) in [4.78, 5) is 36.9. The summed E-state index contributed by atoms with van der Waals surface area (Å²) in [6.45, 7) is 1.59. The number of carbonyl (C=O) groups is 3. The third kappa shape index (κ3) is 6.73. The summed E-state index contributed by atoms with van der Waals surface area (Å²) in [5.41, 5.74) is 0.955. The average molecular weight is 429 g/mol. The number of nitrogens with zero attached hydrogens (tertiary/aromatic N) is 3. The van der Waals surface area contributed by atoms with Crippen molar-refractivity contribution in [2.45, 2.75) is 31.9 Å². The Morgan fingerprint density at radius 1 is 1.13 bits per heavy atom. The second-order valence-corrected chi connectivity index (χ2v) is 7.15. The zero-order valence-corrected chi connectivity index (χ0v) is 17.5. The molecule has 1 fully saturated rings. The molecule has 31 heavy (non-hydrogen) atoms. The predicted molar refractivity (Wildman–Crippen MR) is 112 cm³/mol. The minimum atomic E-state index is -0.440. The topological polar surface area (TPSA) is 115 Å². The van der Waals surface area contributed by atoms with E-state index in [1.807, 2.05) is 30.3 Å². The van der Waals surface area contributed by atoms with E-state index in [1.54, 1.807) is 21.8 Å². The van der Waals surface area contributed by atoms with Crippen molar-refractivity contribution in [1.82, 2.24) is 20.0 Å². The second kappa shape index (κ2) is 11.0. The van der Waals surface area contributed by atoms with Gasteiger partial charge in [-0.05, 0) is 18.4 Å². The van der Waals surface area contributed by atoms with E-state index in [1.165, 1.54) is 7.11 Å². The van der Waals surface area contributed by atoms with Crippen molar-refractivity contribution in [2.24, 2.45) is 0 Å². The largest absolute Gasteiger partial charge is 0.469 e. The van der Waals surface area contributed by atoms with Crippen molar-refractivity contribution >= 4 is 23.9 Å². The number of hydrogen-bond acceptors (Lipinski definition) is 6. The van der Waals surface area contributed by atoms with Crippen molar-refractivity contribution in [2.75, 3.05) is 32.1 Å². The zero-order valence-electron chi connectivity index (χ0n) is 17.5. The van der Waals surface area contributed by atoms with Crippen molar-refractivity contribution in [1.29, 1.82) is 0 Å². The van der Waals surface area contributed by atoms with E-state index < -0.39 is 6.03 Å². The zero-order chi connectivity index (χ0) is 22.1. The Morgan fingerprint density at radius 2 is 1.87 bits per heavy atom. The molecule has 2 aromatic rings. The van der Waals surface area contributed by atoms with Crippen LogP contribution in [0.15, 0.2) is 42.6 Å². The number of amides is 3. The number of esters is 1. The summed E-state index contributed by atoms with van der Waals surface area (Å²) in [7, 11) is 1.30. The minimum absolute atomic E-state index is 0.102. The number of methoxy groups -OCH3 is 1. The molecule has 0 radical (unpaired) electrons. The first kappa shape index (κ1) is 22.1. The van der Waals surface area contributed by atoms with Crippen LogP contribution in [0.25, 0.3) is 0 Å². The van der Waals surface area contributed by atoms with Gasteiger partial charge in [-0.25, -0.2) is 9.59 Å². The standard InChI is InChI=1S/C21H27N5O5/c1-30-19(27)7-11-22-20(28)23-18-10-14-26(24-18)17-8-12-25(13-9-17)21(29)31-15-16-5-3-2-4-6-16/h2-6,10,14,17H,7-9,11-13,15H2,1H3,(H2,22,23,24,28). The molecule has 1 aromatic heterocycles. The highest BCUT2D eigenvalue weighted by molar-refractivity contribution is 5.88. The van der Waals surface area contributed by atoms with Crippen LogP contribution in [0.5, 0.6) is 0 Å². The van der Waals surface area contributed by atoms with Crippen LogP contribution in [0.1, 0.15) is 30.9 Å². The van der Waals surface area contributed by atoms with Gasteiger partial charge in [0.1, 0.15) is 6.61 Å². The van der Waals surface area contributed by atoms with Crippen LogP contribution in [0.3, 0.4) is 0 Å². The number of aromatic nitrogens is 2. The highest BCUT2D eigenvalue weighted by Gasteiger charge is 2.25. The van der Waals surface area contributed by atoms with Gasteiger partial charge >= 0.3 is 18.1 Å². The van der Waals surface area contributed by atoms with Crippen molar-refractivity contribution < 1.29 is 23.9 Å². The number of rotatable bonds is 7. The molecule has 0 unspecified atom stereocenters. The molecule has 10 heteroatoms. The fraction of sp³-hybridized carbons (Fsp3) is 0.429. The van der Waals surface area contributed by atoms with Gasteiger partial charge in [0.25, 0.3) is 0 Å². The van der Waals surface area contributed by atoms with E-state index in [2.05, 4.69) is 20.5 Å². The van der Waals surface area contributed by atoms with Gasteiger partial charge in [-0.15, -0.1) is 0 Å². The van der Waals surface area contributed by atoms with E-state index in [-0.39, 0.29) is 37.7 Å². The molecule has 0 aliphatic carbocycles. The molecule has 166 valence electrons. The first-order valence-electron chi connectivity index (χ1n) is 10.2. The Bertz CT molecular complexity index is 877. The Balaban J connectivity index is 1.39. The normalized spacial score (nSPS) is 14.0. The Kier molecular flexibility index (Phi) is 7.85. The number of likely N-dealkylation sites (tertiary alicyclic amines) is 1. The van der Waals surface area contributed by atoms with Crippen molar-refractivity contribution in [3.05, 3.63) is 48.2 Å². The van der Waals surface area contributed by atoms with E-state index in [4.69, 9.17) is 4.74 Å². The average Bonchev–Trinajstić information content (AvgIpc) is 3.26. The van der Waals surface area contributed by atoms with Crippen molar-refractivity contribution in [3.8, 4) is 0 Å². The Hall–Kier alpha value is -3.56. The maximum Gasteiger partial charge on any atom is 0.410 e. The summed E-state index contributed by atoms with van der Waals surface area (Å²) >= 11 is 0. The van der Waals surface area contributed by atoms with Gasteiger partial charge in [0, 0.05) is 31.9 Å². The quantitative estimate of drug-likeness (QED) is 0.654. The smallest absolute Gasteiger partial charge is 0.410 e. The molecular formula is C21H27N5O5. The SMILES string of the molecule is COC(=O)CCNC(=O)Nc1ccn(C2CCN(C(=O)OCc3ccccc3)CC2)n1. The van der Waals surface area contributed by atoms with E-state index >= 15 is 0 Å². The number of anilines is 1. The lowest BCUT2D eigenvalue weighted by Gasteiger charge is -2.31. The molecule has 1 aliphatic rings. The Morgan fingerprint density at radius 3 is 2.58 bits per heavy atom. The lowest BCUT2D eigenvalue weighted by atomic mass is 10.1. The molecule has 1 saturated heterocycles. The second-order valence-electron chi connectivity index (χ2n) is 7.15. The van der Waals surface area contributed by atoms with E-state index in [0.717, 1.165) is 18.4 Å². The third-order valence-corrected chi connectivity index (χ3v) is 4.99. The van der Waals surface area contributed by atoms with Crippen LogP contribution in [0.2, 0.25) is 0 Å². The van der Waals surface area contributed by atoms with Crippen LogP contribution in [-0.2, 0) is 20.9 Å². The van der Waals surface area contributed by atoms with Crippen LogP contribution in [0.4, 0.5) is 15.4 Å². The number of carbonyl (C=O) groups excluding carboxylic acids is 3. The third-order valence-electron chi connectivity index (χ3n) is 4.99.